The Labute approximate surface area is 322 Å². The van der Waals surface area contributed by atoms with Crippen molar-refractivity contribution in [2.75, 3.05) is 4.90 Å². The van der Waals surface area contributed by atoms with Gasteiger partial charge in [0.25, 0.3) is 0 Å². The zero-order valence-corrected chi connectivity index (χ0v) is 31.0. The van der Waals surface area contributed by atoms with E-state index in [0.29, 0.717) is 0 Å². The Morgan fingerprint density at radius 3 is 1.40 bits per heavy atom. The molecule has 9 aromatic carbocycles. The lowest BCUT2D eigenvalue weighted by Crippen LogP contribution is -2.40. The molecular formula is C54H39N. The molecule has 0 N–H and O–H groups in total. The highest BCUT2D eigenvalue weighted by Crippen LogP contribution is 2.62. The van der Waals surface area contributed by atoms with E-state index in [-0.39, 0.29) is 10.8 Å². The highest BCUT2D eigenvalue weighted by molar-refractivity contribution is 6.05. The van der Waals surface area contributed by atoms with Crippen LogP contribution in [0.2, 0.25) is 0 Å². The Balaban J connectivity index is 1.08. The summed E-state index contributed by atoms with van der Waals surface area (Å²) in [6.45, 7) is 4.77. The molecule has 0 unspecified atom stereocenters. The lowest BCUT2D eigenvalue weighted by atomic mass is 9.55. The summed E-state index contributed by atoms with van der Waals surface area (Å²) in [4.78, 5) is 2.43. The van der Waals surface area contributed by atoms with E-state index in [4.69, 9.17) is 0 Å². The van der Waals surface area contributed by atoms with Crippen LogP contribution in [0.25, 0.3) is 43.8 Å². The molecule has 0 fully saturated rings. The number of benzene rings is 9. The molecule has 0 aromatic heterocycles. The number of rotatable bonds is 4. The van der Waals surface area contributed by atoms with Gasteiger partial charge in [-0.25, -0.2) is 0 Å². The normalized spacial score (nSPS) is 14.3. The molecule has 2 aliphatic carbocycles. The van der Waals surface area contributed by atoms with E-state index in [2.05, 4.69) is 219 Å². The fourth-order valence-electron chi connectivity index (χ4n) is 10.1. The highest BCUT2D eigenvalue weighted by atomic mass is 15.1. The SMILES string of the molecule is CC1(C)c2ccccc2C2(c3ccccc3-c3cc(-c4ccc(N(c5cccc6ccccc56)c5cccc6ccccc56)cc4)ccc32)c2ccccc21. The molecule has 0 radical (unpaired) electrons. The van der Waals surface area contributed by atoms with Crippen LogP contribution in [0.4, 0.5) is 17.1 Å². The van der Waals surface area contributed by atoms with Gasteiger partial charge in [-0.2, -0.15) is 0 Å². The Hall–Kier alpha value is -6.70. The van der Waals surface area contributed by atoms with E-state index in [1.54, 1.807) is 0 Å². The number of anilines is 3. The molecular weight excluding hydrogens is 663 g/mol. The standard InChI is InChI=1S/C54H39N/c1-53(2)47-23-9-11-25-49(47)54(50-26-12-10-24-48(50)53)45-22-8-7-21-43(45)44-35-39(31-34-46(44)54)36-29-32-40(33-30-36)55(51-27-13-17-37-15-3-5-19-41(37)51)52-28-14-18-38-16-4-6-20-42(38)52/h3-35H,1-2H3. The Bertz CT molecular complexity index is 2830. The largest absolute Gasteiger partial charge is 0.309 e. The minimum Gasteiger partial charge on any atom is -0.309 e. The van der Waals surface area contributed by atoms with Crippen molar-refractivity contribution in [2.24, 2.45) is 0 Å². The van der Waals surface area contributed by atoms with Crippen LogP contribution in [0, 0.1) is 0 Å². The number of nitrogens with zero attached hydrogens (tertiary/aromatic N) is 1. The summed E-state index contributed by atoms with van der Waals surface area (Å²) in [5.74, 6) is 0. The van der Waals surface area contributed by atoms with E-state index in [1.165, 1.54) is 77.2 Å². The minimum absolute atomic E-state index is 0.107. The van der Waals surface area contributed by atoms with Gasteiger partial charge in [0, 0.05) is 21.9 Å². The average Bonchev–Trinajstić information content (AvgIpc) is 3.54. The van der Waals surface area contributed by atoms with Gasteiger partial charge < -0.3 is 4.90 Å². The van der Waals surface area contributed by atoms with Crippen LogP contribution in [0.3, 0.4) is 0 Å². The molecule has 0 atom stereocenters. The fraction of sp³-hybridized carbons (Fsp3) is 0.0741. The monoisotopic (exact) mass is 701 g/mol. The van der Waals surface area contributed by atoms with Crippen molar-refractivity contribution in [3.05, 3.63) is 234 Å². The summed E-state index contributed by atoms with van der Waals surface area (Å²) in [6.07, 6.45) is 0. The van der Waals surface area contributed by atoms with Gasteiger partial charge >= 0.3 is 0 Å². The van der Waals surface area contributed by atoms with Crippen molar-refractivity contribution in [2.45, 2.75) is 24.7 Å². The van der Waals surface area contributed by atoms with E-state index in [1.807, 2.05) is 0 Å². The third-order valence-electron chi connectivity index (χ3n) is 12.5. The van der Waals surface area contributed by atoms with Crippen molar-refractivity contribution in [3.63, 3.8) is 0 Å². The van der Waals surface area contributed by atoms with Crippen LogP contribution in [0.5, 0.6) is 0 Å². The van der Waals surface area contributed by atoms with Gasteiger partial charge in [-0.3, -0.25) is 0 Å². The molecule has 1 heteroatoms. The van der Waals surface area contributed by atoms with E-state index in [9.17, 15) is 0 Å². The first kappa shape index (κ1) is 31.8. The number of hydrogen-bond acceptors (Lipinski definition) is 1. The van der Waals surface area contributed by atoms with Gasteiger partial charge in [0.1, 0.15) is 0 Å². The van der Waals surface area contributed by atoms with Crippen molar-refractivity contribution in [1.29, 1.82) is 0 Å². The van der Waals surface area contributed by atoms with Crippen molar-refractivity contribution in [3.8, 4) is 22.3 Å². The molecule has 260 valence electrons. The van der Waals surface area contributed by atoms with Crippen molar-refractivity contribution in [1.82, 2.24) is 0 Å². The number of fused-ring (bicyclic) bond motifs is 11. The summed E-state index contributed by atoms with van der Waals surface area (Å²) in [7, 11) is 0. The topological polar surface area (TPSA) is 3.24 Å². The third kappa shape index (κ3) is 4.47. The summed E-state index contributed by atoms with van der Waals surface area (Å²) < 4.78 is 0. The molecule has 11 rings (SSSR count). The molecule has 55 heavy (non-hydrogen) atoms. The molecule has 0 heterocycles. The second-order valence-electron chi connectivity index (χ2n) is 15.7. The highest BCUT2D eigenvalue weighted by Gasteiger charge is 2.53. The Morgan fingerprint density at radius 1 is 0.345 bits per heavy atom. The van der Waals surface area contributed by atoms with Crippen LogP contribution in [0.15, 0.2) is 200 Å². The second-order valence-corrected chi connectivity index (χ2v) is 15.7. The third-order valence-corrected chi connectivity index (χ3v) is 12.5. The molecule has 0 saturated heterocycles. The van der Waals surface area contributed by atoms with Crippen LogP contribution in [-0.4, -0.2) is 0 Å². The molecule has 9 aromatic rings. The molecule has 2 aliphatic rings. The summed E-state index contributed by atoms with van der Waals surface area (Å²) in [6, 6.07) is 74.4. The predicted molar refractivity (Wildman–Crippen MR) is 231 cm³/mol. The van der Waals surface area contributed by atoms with Crippen molar-refractivity contribution >= 4 is 38.6 Å². The fourth-order valence-corrected chi connectivity index (χ4v) is 10.1. The van der Waals surface area contributed by atoms with E-state index in [0.717, 1.165) is 17.1 Å². The van der Waals surface area contributed by atoms with Crippen LogP contribution < -0.4 is 4.90 Å². The lowest BCUT2D eigenvalue weighted by molar-refractivity contribution is 0.563. The maximum atomic E-state index is 2.44. The molecule has 0 amide bonds. The first-order valence-electron chi connectivity index (χ1n) is 19.4. The average molecular weight is 702 g/mol. The van der Waals surface area contributed by atoms with Crippen molar-refractivity contribution < 1.29 is 0 Å². The van der Waals surface area contributed by atoms with E-state index >= 15 is 0 Å². The van der Waals surface area contributed by atoms with Gasteiger partial charge in [-0.1, -0.05) is 184 Å². The summed E-state index contributed by atoms with van der Waals surface area (Å²) >= 11 is 0. The minimum atomic E-state index is -0.381. The first-order chi connectivity index (χ1) is 27.0. The Morgan fingerprint density at radius 2 is 0.800 bits per heavy atom. The molecule has 0 saturated carbocycles. The molecule has 0 bridgehead atoms. The van der Waals surface area contributed by atoms with Gasteiger partial charge in [-0.15, -0.1) is 0 Å². The maximum absolute atomic E-state index is 2.44. The summed E-state index contributed by atoms with van der Waals surface area (Å²) in [5, 5.41) is 4.90. The number of hydrogen-bond donors (Lipinski definition) is 0. The van der Waals surface area contributed by atoms with E-state index < -0.39 is 0 Å². The maximum Gasteiger partial charge on any atom is 0.0719 e. The predicted octanol–water partition coefficient (Wildman–Crippen LogP) is 14.1. The lowest BCUT2D eigenvalue weighted by Gasteiger charge is -2.46. The zero-order valence-electron chi connectivity index (χ0n) is 31.0. The zero-order chi connectivity index (χ0) is 36.7. The van der Waals surface area contributed by atoms with Gasteiger partial charge in [0.05, 0.1) is 16.8 Å². The molecule has 1 nitrogen and oxygen atoms in total. The smallest absolute Gasteiger partial charge is 0.0719 e. The van der Waals surface area contributed by atoms with Gasteiger partial charge in [-0.05, 0) is 96.7 Å². The van der Waals surface area contributed by atoms with Crippen LogP contribution in [0.1, 0.15) is 47.2 Å². The Kier molecular flexibility index (Phi) is 6.88. The summed E-state index contributed by atoms with van der Waals surface area (Å²) in [5.41, 5.74) is 16.3. The molecule has 0 aliphatic heterocycles. The van der Waals surface area contributed by atoms with Gasteiger partial charge in [0.2, 0.25) is 0 Å². The van der Waals surface area contributed by atoms with Gasteiger partial charge in [0.15, 0.2) is 0 Å². The van der Waals surface area contributed by atoms with Crippen LogP contribution in [-0.2, 0) is 10.8 Å². The first-order valence-corrected chi connectivity index (χ1v) is 19.4. The van der Waals surface area contributed by atoms with Crippen LogP contribution >= 0.6 is 0 Å². The second kappa shape index (κ2) is 11.9. The molecule has 1 spiro atoms. The quantitative estimate of drug-likeness (QED) is 0.177.